The van der Waals surface area contributed by atoms with E-state index < -0.39 is 17.7 Å². The molecule has 1 unspecified atom stereocenters. The first-order valence-electron chi connectivity index (χ1n) is 9.44. The van der Waals surface area contributed by atoms with Crippen LogP contribution < -0.4 is 15.4 Å². The first kappa shape index (κ1) is 22.2. The molecule has 11 heteroatoms. The van der Waals surface area contributed by atoms with Crippen LogP contribution in [0.2, 0.25) is 0 Å². The van der Waals surface area contributed by atoms with Crippen molar-refractivity contribution >= 4 is 29.0 Å². The van der Waals surface area contributed by atoms with E-state index in [9.17, 15) is 9.59 Å². The van der Waals surface area contributed by atoms with Gasteiger partial charge in [0, 0.05) is 12.6 Å². The Bertz CT molecular complexity index is 1050. The minimum Gasteiger partial charge on any atom is -0.444 e. The van der Waals surface area contributed by atoms with Gasteiger partial charge in [0.05, 0.1) is 11.1 Å². The highest BCUT2D eigenvalue weighted by molar-refractivity contribution is 7.16. The van der Waals surface area contributed by atoms with Gasteiger partial charge in [-0.2, -0.15) is 4.98 Å². The van der Waals surface area contributed by atoms with Gasteiger partial charge >= 0.3 is 6.09 Å². The fourth-order valence-corrected chi connectivity index (χ4v) is 3.13. The quantitative estimate of drug-likeness (QED) is 0.566. The number of nitrogens with zero attached hydrogens (tertiary/aromatic N) is 3. The van der Waals surface area contributed by atoms with Gasteiger partial charge in [-0.1, -0.05) is 16.5 Å². The molecule has 0 saturated heterocycles. The van der Waals surface area contributed by atoms with Crippen molar-refractivity contribution in [2.24, 2.45) is 0 Å². The maximum absolute atomic E-state index is 11.8. The maximum atomic E-state index is 11.8. The minimum absolute atomic E-state index is 0.187. The topological polar surface area (TPSA) is 128 Å². The van der Waals surface area contributed by atoms with Crippen molar-refractivity contribution in [2.75, 3.05) is 5.32 Å². The van der Waals surface area contributed by atoms with E-state index in [1.165, 1.54) is 18.3 Å². The average Bonchev–Trinajstić information content (AvgIpc) is 3.30. The molecule has 0 aliphatic rings. The summed E-state index contributed by atoms with van der Waals surface area (Å²) in [5.74, 6) is 1.02. The summed E-state index contributed by atoms with van der Waals surface area (Å²) >= 11 is 1.25. The molecule has 3 aromatic rings. The Morgan fingerprint density at radius 1 is 1.19 bits per heavy atom. The number of aromatic nitrogens is 3. The lowest BCUT2D eigenvalue weighted by molar-refractivity contribution is -0.119. The average molecular weight is 446 g/mol. The van der Waals surface area contributed by atoms with Crippen LogP contribution in [0.15, 0.2) is 35.0 Å². The zero-order chi connectivity index (χ0) is 22.6. The Kier molecular flexibility index (Phi) is 6.54. The zero-order valence-corrected chi connectivity index (χ0v) is 18.6. The van der Waals surface area contributed by atoms with Gasteiger partial charge < -0.3 is 19.3 Å². The van der Waals surface area contributed by atoms with Crippen LogP contribution >= 0.6 is 11.3 Å². The third-order valence-electron chi connectivity index (χ3n) is 3.64. The van der Waals surface area contributed by atoms with Gasteiger partial charge in [0.25, 0.3) is 5.19 Å². The highest BCUT2D eigenvalue weighted by atomic mass is 32.1. The van der Waals surface area contributed by atoms with Crippen LogP contribution in [0.25, 0.3) is 10.7 Å². The normalized spacial score (nSPS) is 12.2. The third kappa shape index (κ3) is 6.51. The number of thiazole rings is 1. The van der Waals surface area contributed by atoms with Crippen LogP contribution in [0.3, 0.4) is 0 Å². The molecule has 1 aromatic carbocycles. The molecule has 2 aromatic heterocycles. The molecular formula is C20H23N5O5S. The molecule has 31 heavy (non-hydrogen) atoms. The van der Waals surface area contributed by atoms with Gasteiger partial charge in [-0.15, -0.1) is 0 Å². The van der Waals surface area contributed by atoms with Crippen molar-refractivity contribution in [1.82, 2.24) is 20.4 Å². The van der Waals surface area contributed by atoms with Crippen molar-refractivity contribution in [3.05, 3.63) is 36.4 Å². The fourth-order valence-electron chi connectivity index (χ4n) is 2.42. The summed E-state index contributed by atoms with van der Waals surface area (Å²) in [5.41, 5.74) is 0.00552. The maximum Gasteiger partial charge on any atom is 0.412 e. The molecule has 2 heterocycles. The van der Waals surface area contributed by atoms with Crippen LogP contribution in [0.5, 0.6) is 10.9 Å². The van der Waals surface area contributed by atoms with E-state index in [4.69, 9.17) is 14.0 Å². The lowest BCUT2D eigenvalue weighted by atomic mass is 10.2. The van der Waals surface area contributed by atoms with E-state index in [0.717, 1.165) is 0 Å². The molecular weight excluding hydrogens is 422 g/mol. The minimum atomic E-state index is -0.572. The molecule has 0 spiro atoms. The van der Waals surface area contributed by atoms with E-state index in [0.29, 0.717) is 33.2 Å². The summed E-state index contributed by atoms with van der Waals surface area (Å²) in [4.78, 5) is 32.1. The van der Waals surface area contributed by atoms with Crippen LogP contribution in [0.1, 0.15) is 46.6 Å². The number of carbonyl (C=O) groups is 2. The summed E-state index contributed by atoms with van der Waals surface area (Å²) in [5, 5.41) is 9.66. The third-order valence-corrected chi connectivity index (χ3v) is 4.51. The summed E-state index contributed by atoms with van der Waals surface area (Å²) in [6.45, 7) is 8.56. The molecule has 0 radical (unpaired) electrons. The second kappa shape index (κ2) is 9.13. The zero-order valence-electron chi connectivity index (χ0n) is 17.8. The van der Waals surface area contributed by atoms with E-state index >= 15 is 0 Å². The highest BCUT2D eigenvalue weighted by Gasteiger charge is 2.18. The van der Waals surface area contributed by atoms with Crippen molar-refractivity contribution in [1.29, 1.82) is 0 Å². The predicted molar refractivity (Wildman–Crippen MR) is 114 cm³/mol. The highest BCUT2D eigenvalue weighted by Crippen LogP contribution is 2.32. The van der Waals surface area contributed by atoms with Crippen LogP contribution in [-0.2, 0) is 9.53 Å². The number of hydrogen-bond donors (Lipinski definition) is 2. The number of nitrogens with one attached hydrogen (secondary N) is 2. The molecule has 0 fully saturated rings. The Hall–Kier alpha value is -3.47. The van der Waals surface area contributed by atoms with Crippen molar-refractivity contribution < 1.29 is 23.6 Å². The van der Waals surface area contributed by atoms with Gasteiger partial charge in [0.15, 0.2) is 0 Å². The smallest absolute Gasteiger partial charge is 0.412 e. The van der Waals surface area contributed by atoms with E-state index in [1.54, 1.807) is 58.2 Å². The van der Waals surface area contributed by atoms with Gasteiger partial charge in [-0.25, -0.2) is 9.78 Å². The molecule has 164 valence electrons. The lowest BCUT2D eigenvalue weighted by Crippen LogP contribution is -2.27. The number of amides is 2. The largest absolute Gasteiger partial charge is 0.444 e. The number of carbonyl (C=O) groups excluding carboxylic acids is 2. The number of ether oxygens (including phenoxy) is 2. The van der Waals surface area contributed by atoms with Crippen molar-refractivity contribution in [2.45, 2.75) is 46.3 Å². The second-order valence-electron chi connectivity index (χ2n) is 7.62. The first-order chi connectivity index (χ1) is 14.6. The van der Waals surface area contributed by atoms with Gasteiger partial charge in [-0.05, 0) is 52.0 Å². The number of rotatable bonds is 6. The molecule has 0 aliphatic heterocycles. The molecule has 0 saturated carbocycles. The van der Waals surface area contributed by atoms with Crippen LogP contribution in [0, 0.1) is 0 Å². The standard InChI is InChI=1S/C20H23N5O5S/c1-11(22-12(2)26)17-24-16(25-30-17)15-10-21-19(31-15)28-14-8-6-13(7-9-14)23-18(27)29-20(3,4)5/h6-11H,1-5H3,(H,22,26)(H,23,27). The second-order valence-corrected chi connectivity index (χ2v) is 8.62. The number of anilines is 1. The van der Waals surface area contributed by atoms with Crippen LogP contribution in [0.4, 0.5) is 10.5 Å². The molecule has 1 atom stereocenters. The van der Waals surface area contributed by atoms with E-state index in [2.05, 4.69) is 25.8 Å². The molecule has 3 rings (SSSR count). The summed E-state index contributed by atoms with van der Waals surface area (Å²) in [6, 6.07) is 6.41. The first-order valence-corrected chi connectivity index (χ1v) is 10.3. The number of hydrogen-bond acceptors (Lipinski definition) is 9. The van der Waals surface area contributed by atoms with Gasteiger partial charge in [0.1, 0.15) is 17.4 Å². The molecule has 10 nitrogen and oxygen atoms in total. The molecule has 2 N–H and O–H groups in total. The van der Waals surface area contributed by atoms with Crippen LogP contribution in [-0.4, -0.2) is 32.7 Å². The Morgan fingerprint density at radius 2 is 1.90 bits per heavy atom. The summed E-state index contributed by atoms with van der Waals surface area (Å²) in [7, 11) is 0. The molecule has 2 amide bonds. The monoisotopic (exact) mass is 445 g/mol. The Balaban J connectivity index is 1.60. The lowest BCUT2D eigenvalue weighted by Gasteiger charge is -2.19. The van der Waals surface area contributed by atoms with Crippen molar-refractivity contribution in [3.63, 3.8) is 0 Å². The summed E-state index contributed by atoms with van der Waals surface area (Å²) in [6.07, 6.45) is 1.05. The van der Waals surface area contributed by atoms with E-state index in [1.807, 2.05) is 0 Å². The van der Waals surface area contributed by atoms with Gasteiger partial charge in [-0.3, -0.25) is 10.1 Å². The molecule has 0 aliphatic carbocycles. The summed E-state index contributed by atoms with van der Waals surface area (Å²) < 4.78 is 16.2. The molecule has 0 bridgehead atoms. The SMILES string of the molecule is CC(=O)NC(C)c1nc(-c2cnc(Oc3ccc(NC(=O)OC(C)(C)C)cc3)s2)no1. The Morgan fingerprint density at radius 3 is 2.55 bits per heavy atom. The van der Waals surface area contributed by atoms with E-state index in [-0.39, 0.29) is 5.91 Å². The fraction of sp³-hybridized carbons (Fsp3) is 0.350. The van der Waals surface area contributed by atoms with Crippen molar-refractivity contribution in [3.8, 4) is 21.6 Å². The predicted octanol–water partition coefficient (Wildman–Crippen LogP) is 4.53. The Labute approximate surface area is 183 Å². The number of benzene rings is 1. The van der Waals surface area contributed by atoms with Gasteiger partial charge in [0.2, 0.25) is 17.6 Å².